The summed E-state index contributed by atoms with van der Waals surface area (Å²) in [4.78, 5) is 14.1. The zero-order valence-electron chi connectivity index (χ0n) is 10.3. The first-order chi connectivity index (χ1) is 7.01. The Kier molecular flexibility index (Phi) is 4.14. The van der Waals surface area contributed by atoms with Gasteiger partial charge in [0.2, 0.25) is 5.91 Å². The van der Waals surface area contributed by atoms with Gasteiger partial charge in [0.1, 0.15) is 0 Å². The number of hydrogen-bond donors (Lipinski definition) is 1. The van der Waals surface area contributed by atoms with E-state index in [-0.39, 0.29) is 5.91 Å². The van der Waals surface area contributed by atoms with Crippen molar-refractivity contribution >= 4 is 5.91 Å². The number of carbonyl (C=O) groups is 1. The molecule has 3 heteroatoms. The van der Waals surface area contributed by atoms with Crippen LogP contribution in [-0.2, 0) is 4.79 Å². The minimum Gasteiger partial charge on any atom is -0.341 e. The van der Waals surface area contributed by atoms with Crippen LogP contribution in [0.2, 0.25) is 0 Å². The Morgan fingerprint density at radius 2 is 2.20 bits per heavy atom. The second kappa shape index (κ2) is 4.97. The molecule has 1 saturated heterocycles. The predicted molar refractivity (Wildman–Crippen MR) is 62.5 cm³/mol. The van der Waals surface area contributed by atoms with Crippen molar-refractivity contribution in [2.75, 3.05) is 13.1 Å². The standard InChI is InChI=1S/C12H24N2O/c1-4-10-7-6-8-14(9-10)11(15)12(3,13)5-2/h10H,4-9,13H2,1-3H3. The van der Waals surface area contributed by atoms with Crippen LogP contribution >= 0.6 is 0 Å². The summed E-state index contributed by atoms with van der Waals surface area (Å²) in [6.45, 7) is 7.80. The highest BCUT2D eigenvalue weighted by molar-refractivity contribution is 5.85. The molecule has 0 saturated carbocycles. The van der Waals surface area contributed by atoms with Crippen molar-refractivity contribution in [2.45, 2.75) is 52.0 Å². The van der Waals surface area contributed by atoms with E-state index in [4.69, 9.17) is 5.73 Å². The Morgan fingerprint density at radius 3 is 2.73 bits per heavy atom. The third kappa shape index (κ3) is 2.94. The summed E-state index contributed by atoms with van der Waals surface area (Å²) in [7, 11) is 0. The SMILES string of the molecule is CCC1CCCN(C(=O)C(C)(N)CC)C1. The number of rotatable bonds is 3. The third-order valence-corrected chi connectivity index (χ3v) is 3.61. The fourth-order valence-electron chi connectivity index (χ4n) is 2.10. The average molecular weight is 212 g/mol. The smallest absolute Gasteiger partial charge is 0.242 e. The number of carbonyl (C=O) groups excluding carboxylic acids is 1. The van der Waals surface area contributed by atoms with Crippen LogP contribution in [0.15, 0.2) is 0 Å². The quantitative estimate of drug-likeness (QED) is 0.775. The molecule has 0 aliphatic carbocycles. The van der Waals surface area contributed by atoms with Crippen molar-refractivity contribution in [2.24, 2.45) is 11.7 Å². The maximum absolute atomic E-state index is 12.1. The van der Waals surface area contributed by atoms with Crippen LogP contribution in [0.3, 0.4) is 0 Å². The minimum atomic E-state index is -0.671. The Balaban J connectivity index is 2.60. The van der Waals surface area contributed by atoms with Gasteiger partial charge in [-0.15, -0.1) is 0 Å². The molecule has 2 N–H and O–H groups in total. The van der Waals surface area contributed by atoms with E-state index in [0.29, 0.717) is 12.3 Å². The molecule has 2 unspecified atom stereocenters. The van der Waals surface area contributed by atoms with E-state index in [1.807, 2.05) is 18.7 Å². The van der Waals surface area contributed by atoms with Crippen LogP contribution in [0.4, 0.5) is 0 Å². The highest BCUT2D eigenvalue weighted by Crippen LogP contribution is 2.21. The lowest BCUT2D eigenvalue weighted by Crippen LogP contribution is -2.55. The molecular formula is C12H24N2O. The first-order valence-corrected chi connectivity index (χ1v) is 6.09. The van der Waals surface area contributed by atoms with Crippen LogP contribution in [0.25, 0.3) is 0 Å². The number of amides is 1. The molecule has 1 amide bonds. The molecule has 0 aromatic carbocycles. The molecular weight excluding hydrogens is 188 g/mol. The topological polar surface area (TPSA) is 46.3 Å². The van der Waals surface area contributed by atoms with E-state index >= 15 is 0 Å². The molecule has 1 rings (SSSR count). The number of likely N-dealkylation sites (tertiary alicyclic amines) is 1. The summed E-state index contributed by atoms with van der Waals surface area (Å²) in [6.07, 6.45) is 4.26. The Bertz CT molecular complexity index is 226. The van der Waals surface area contributed by atoms with Crippen molar-refractivity contribution in [3.05, 3.63) is 0 Å². The largest absolute Gasteiger partial charge is 0.341 e. The fourth-order valence-corrected chi connectivity index (χ4v) is 2.10. The van der Waals surface area contributed by atoms with Gasteiger partial charge in [0, 0.05) is 13.1 Å². The first-order valence-electron chi connectivity index (χ1n) is 6.09. The van der Waals surface area contributed by atoms with Crippen LogP contribution in [0.5, 0.6) is 0 Å². The molecule has 1 aliphatic rings. The molecule has 1 heterocycles. The molecule has 1 fully saturated rings. The summed E-state index contributed by atoms with van der Waals surface area (Å²) in [5.74, 6) is 0.804. The van der Waals surface area contributed by atoms with Gasteiger partial charge in [-0.3, -0.25) is 4.79 Å². The number of piperidine rings is 1. The van der Waals surface area contributed by atoms with Crippen molar-refractivity contribution in [1.82, 2.24) is 4.90 Å². The Hall–Kier alpha value is -0.570. The second-order valence-corrected chi connectivity index (χ2v) is 4.94. The first kappa shape index (κ1) is 12.5. The maximum atomic E-state index is 12.1. The van der Waals surface area contributed by atoms with Gasteiger partial charge in [-0.25, -0.2) is 0 Å². The van der Waals surface area contributed by atoms with Crippen LogP contribution < -0.4 is 5.73 Å². The van der Waals surface area contributed by atoms with E-state index in [1.165, 1.54) is 6.42 Å². The van der Waals surface area contributed by atoms with E-state index in [2.05, 4.69) is 6.92 Å². The number of nitrogens with zero attached hydrogens (tertiary/aromatic N) is 1. The van der Waals surface area contributed by atoms with E-state index in [1.54, 1.807) is 0 Å². The lowest BCUT2D eigenvalue weighted by atomic mass is 9.92. The van der Waals surface area contributed by atoms with Crippen molar-refractivity contribution < 1.29 is 4.79 Å². The lowest BCUT2D eigenvalue weighted by Gasteiger charge is -2.37. The van der Waals surface area contributed by atoms with Gasteiger partial charge in [0.05, 0.1) is 5.54 Å². The van der Waals surface area contributed by atoms with Gasteiger partial charge in [-0.2, -0.15) is 0 Å². The Labute approximate surface area is 93.0 Å². The Morgan fingerprint density at radius 1 is 1.53 bits per heavy atom. The normalized spacial score (nSPS) is 26.1. The minimum absolute atomic E-state index is 0.128. The molecule has 0 bridgehead atoms. The van der Waals surface area contributed by atoms with Crippen molar-refractivity contribution in [1.29, 1.82) is 0 Å². The van der Waals surface area contributed by atoms with Crippen molar-refractivity contribution in [3.8, 4) is 0 Å². The third-order valence-electron chi connectivity index (χ3n) is 3.61. The summed E-state index contributed by atoms with van der Waals surface area (Å²) < 4.78 is 0. The predicted octanol–water partition coefficient (Wildman–Crippen LogP) is 1.76. The van der Waals surface area contributed by atoms with E-state index in [0.717, 1.165) is 25.9 Å². The monoisotopic (exact) mass is 212 g/mol. The summed E-state index contributed by atoms with van der Waals surface area (Å²) in [5, 5.41) is 0. The summed E-state index contributed by atoms with van der Waals surface area (Å²) in [5.41, 5.74) is 5.32. The summed E-state index contributed by atoms with van der Waals surface area (Å²) >= 11 is 0. The second-order valence-electron chi connectivity index (χ2n) is 4.94. The highest BCUT2D eigenvalue weighted by Gasteiger charge is 2.33. The average Bonchev–Trinajstić information content (AvgIpc) is 2.28. The number of hydrogen-bond acceptors (Lipinski definition) is 2. The molecule has 15 heavy (non-hydrogen) atoms. The summed E-state index contributed by atoms with van der Waals surface area (Å²) in [6, 6.07) is 0. The molecule has 0 aromatic heterocycles. The van der Waals surface area contributed by atoms with Gasteiger partial charge in [0.15, 0.2) is 0 Å². The van der Waals surface area contributed by atoms with E-state index < -0.39 is 5.54 Å². The van der Waals surface area contributed by atoms with Gasteiger partial charge in [-0.1, -0.05) is 20.3 Å². The zero-order valence-corrected chi connectivity index (χ0v) is 10.3. The molecule has 2 atom stereocenters. The van der Waals surface area contributed by atoms with Crippen LogP contribution in [-0.4, -0.2) is 29.4 Å². The molecule has 3 nitrogen and oxygen atoms in total. The molecule has 0 spiro atoms. The lowest BCUT2D eigenvalue weighted by molar-refractivity contribution is -0.138. The van der Waals surface area contributed by atoms with Crippen LogP contribution in [0, 0.1) is 5.92 Å². The van der Waals surface area contributed by atoms with Gasteiger partial charge >= 0.3 is 0 Å². The maximum Gasteiger partial charge on any atom is 0.242 e. The zero-order chi connectivity index (χ0) is 11.5. The van der Waals surface area contributed by atoms with E-state index in [9.17, 15) is 4.79 Å². The van der Waals surface area contributed by atoms with Gasteiger partial charge in [0.25, 0.3) is 0 Å². The van der Waals surface area contributed by atoms with Gasteiger partial charge in [-0.05, 0) is 32.1 Å². The molecule has 0 radical (unpaired) electrons. The van der Waals surface area contributed by atoms with Crippen molar-refractivity contribution in [3.63, 3.8) is 0 Å². The fraction of sp³-hybridized carbons (Fsp3) is 0.917. The highest BCUT2D eigenvalue weighted by atomic mass is 16.2. The van der Waals surface area contributed by atoms with Crippen LogP contribution in [0.1, 0.15) is 46.5 Å². The molecule has 88 valence electrons. The number of nitrogens with two attached hydrogens (primary N) is 1. The molecule has 0 aromatic rings. The molecule has 1 aliphatic heterocycles. The van der Waals surface area contributed by atoms with Gasteiger partial charge < -0.3 is 10.6 Å².